The van der Waals surface area contributed by atoms with E-state index in [1.54, 1.807) is 5.57 Å². The molecule has 13 heavy (non-hydrogen) atoms. The van der Waals surface area contributed by atoms with Crippen LogP contribution in [-0.2, 0) is 0 Å². The molecular weight excluding hydrogens is 160 g/mol. The largest absolute Gasteiger partial charge is 0.313 e. The highest BCUT2D eigenvalue weighted by Gasteiger charge is 2.14. The van der Waals surface area contributed by atoms with Crippen molar-refractivity contribution in [1.82, 2.24) is 10.6 Å². The van der Waals surface area contributed by atoms with E-state index in [0.29, 0.717) is 0 Å². The molecule has 0 aromatic heterocycles. The molecule has 0 spiro atoms. The van der Waals surface area contributed by atoms with Crippen molar-refractivity contribution in [2.75, 3.05) is 19.6 Å². The molecule has 1 aliphatic carbocycles. The summed E-state index contributed by atoms with van der Waals surface area (Å²) < 4.78 is 0. The molecule has 1 aliphatic heterocycles. The van der Waals surface area contributed by atoms with Crippen LogP contribution < -0.4 is 10.6 Å². The Bertz CT molecular complexity index is 181. The summed E-state index contributed by atoms with van der Waals surface area (Å²) in [6.07, 6.45) is 9.22. The average Bonchev–Trinajstić information content (AvgIpc) is 2.69. The van der Waals surface area contributed by atoms with Gasteiger partial charge in [0.15, 0.2) is 0 Å². The highest BCUT2D eigenvalue weighted by molar-refractivity contribution is 5.08. The van der Waals surface area contributed by atoms with E-state index >= 15 is 0 Å². The number of rotatable bonds is 3. The second-order valence-corrected chi connectivity index (χ2v) is 4.18. The van der Waals surface area contributed by atoms with Gasteiger partial charge in [0, 0.05) is 19.1 Å². The molecular formula is C11H20N2. The summed E-state index contributed by atoms with van der Waals surface area (Å²) in [6.45, 7) is 3.37. The van der Waals surface area contributed by atoms with E-state index in [0.717, 1.165) is 25.7 Å². The molecule has 0 atom stereocenters. The molecule has 0 saturated heterocycles. The first-order valence-corrected chi connectivity index (χ1v) is 5.57. The van der Waals surface area contributed by atoms with Gasteiger partial charge in [0.1, 0.15) is 0 Å². The first-order valence-electron chi connectivity index (χ1n) is 5.57. The van der Waals surface area contributed by atoms with E-state index in [1.807, 2.05) is 0 Å². The van der Waals surface area contributed by atoms with Crippen LogP contribution in [0, 0.1) is 0 Å². The standard InChI is InChI=1S/C11H20N2/c1-2-4-11(3-1)13-9-10-5-7-12-8-6-10/h5,11-13H,1-4,6-9H2. The monoisotopic (exact) mass is 180 g/mol. The molecule has 74 valence electrons. The van der Waals surface area contributed by atoms with Gasteiger partial charge in [-0.3, -0.25) is 0 Å². The van der Waals surface area contributed by atoms with Crippen molar-refractivity contribution in [3.8, 4) is 0 Å². The third-order valence-corrected chi connectivity index (χ3v) is 3.13. The average molecular weight is 180 g/mol. The van der Waals surface area contributed by atoms with Crippen molar-refractivity contribution in [2.45, 2.75) is 38.1 Å². The Morgan fingerprint density at radius 2 is 2.23 bits per heavy atom. The Morgan fingerprint density at radius 1 is 1.38 bits per heavy atom. The number of hydrogen-bond donors (Lipinski definition) is 2. The Morgan fingerprint density at radius 3 is 2.92 bits per heavy atom. The zero-order valence-corrected chi connectivity index (χ0v) is 8.31. The minimum absolute atomic E-state index is 0.816. The van der Waals surface area contributed by atoms with E-state index in [2.05, 4.69) is 16.7 Å². The Hall–Kier alpha value is -0.340. The quantitative estimate of drug-likeness (QED) is 0.642. The van der Waals surface area contributed by atoms with Crippen molar-refractivity contribution in [3.05, 3.63) is 11.6 Å². The number of nitrogens with one attached hydrogen (secondary N) is 2. The van der Waals surface area contributed by atoms with E-state index in [4.69, 9.17) is 0 Å². The second-order valence-electron chi connectivity index (χ2n) is 4.18. The lowest BCUT2D eigenvalue weighted by atomic mass is 10.1. The van der Waals surface area contributed by atoms with E-state index in [-0.39, 0.29) is 0 Å². The fourth-order valence-electron chi connectivity index (χ4n) is 2.24. The molecule has 0 amide bonds. The summed E-state index contributed by atoms with van der Waals surface area (Å²) in [6, 6.07) is 0.816. The van der Waals surface area contributed by atoms with Gasteiger partial charge in [0.25, 0.3) is 0 Å². The van der Waals surface area contributed by atoms with Crippen molar-refractivity contribution in [2.24, 2.45) is 0 Å². The smallest absolute Gasteiger partial charge is 0.0168 e. The zero-order chi connectivity index (χ0) is 8.93. The van der Waals surface area contributed by atoms with Gasteiger partial charge in [-0.2, -0.15) is 0 Å². The summed E-state index contributed by atoms with van der Waals surface area (Å²) >= 11 is 0. The Kier molecular flexibility index (Phi) is 3.39. The molecule has 1 heterocycles. The van der Waals surface area contributed by atoms with Gasteiger partial charge in [-0.05, 0) is 25.8 Å². The van der Waals surface area contributed by atoms with E-state index in [9.17, 15) is 0 Å². The highest BCUT2D eigenvalue weighted by Crippen LogP contribution is 2.18. The van der Waals surface area contributed by atoms with Gasteiger partial charge >= 0.3 is 0 Å². The first-order chi connectivity index (χ1) is 6.45. The topological polar surface area (TPSA) is 24.1 Å². The van der Waals surface area contributed by atoms with Crippen LogP contribution in [0.1, 0.15) is 32.1 Å². The molecule has 2 rings (SSSR count). The lowest BCUT2D eigenvalue weighted by Crippen LogP contribution is -2.31. The van der Waals surface area contributed by atoms with Gasteiger partial charge in [-0.15, -0.1) is 0 Å². The molecule has 0 aromatic rings. The summed E-state index contributed by atoms with van der Waals surface area (Å²) in [7, 11) is 0. The molecule has 2 N–H and O–H groups in total. The van der Waals surface area contributed by atoms with Gasteiger partial charge < -0.3 is 10.6 Å². The molecule has 0 radical (unpaired) electrons. The summed E-state index contributed by atoms with van der Waals surface area (Å²) in [5.74, 6) is 0. The third kappa shape index (κ3) is 2.82. The maximum Gasteiger partial charge on any atom is 0.0168 e. The maximum absolute atomic E-state index is 3.66. The minimum atomic E-state index is 0.816. The SMILES string of the molecule is C1=C(CNC2CCCC2)CCNC1. The first kappa shape index (κ1) is 9.22. The van der Waals surface area contributed by atoms with Crippen LogP contribution >= 0.6 is 0 Å². The zero-order valence-electron chi connectivity index (χ0n) is 8.31. The van der Waals surface area contributed by atoms with Crippen LogP contribution in [0.5, 0.6) is 0 Å². The minimum Gasteiger partial charge on any atom is -0.313 e. The van der Waals surface area contributed by atoms with Gasteiger partial charge in [0.2, 0.25) is 0 Å². The van der Waals surface area contributed by atoms with Crippen molar-refractivity contribution in [3.63, 3.8) is 0 Å². The van der Waals surface area contributed by atoms with Crippen LogP contribution in [0.2, 0.25) is 0 Å². The van der Waals surface area contributed by atoms with Gasteiger partial charge in [-0.25, -0.2) is 0 Å². The highest BCUT2D eigenvalue weighted by atomic mass is 14.9. The Labute approximate surface area is 80.8 Å². The fourth-order valence-corrected chi connectivity index (χ4v) is 2.24. The summed E-state index contributed by atoms with van der Waals surface area (Å²) in [4.78, 5) is 0. The van der Waals surface area contributed by atoms with E-state index < -0.39 is 0 Å². The molecule has 2 aliphatic rings. The van der Waals surface area contributed by atoms with Crippen molar-refractivity contribution >= 4 is 0 Å². The lowest BCUT2D eigenvalue weighted by molar-refractivity contribution is 0.537. The number of hydrogen-bond acceptors (Lipinski definition) is 2. The van der Waals surface area contributed by atoms with Crippen LogP contribution in [0.25, 0.3) is 0 Å². The van der Waals surface area contributed by atoms with Crippen LogP contribution in [-0.4, -0.2) is 25.7 Å². The fraction of sp³-hybridized carbons (Fsp3) is 0.818. The van der Waals surface area contributed by atoms with Crippen LogP contribution in [0.4, 0.5) is 0 Å². The summed E-state index contributed by atoms with van der Waals surface area (Å²) in [5.41, 5.74) is 1.60. The molecule has 2 nitrogen and oxygen atoms in total. The van der Waals surface area contributed by atoms with Crippen LogP contribution in [0.15, 0.2) is 11.6 Å². The van der Waals surface area contributed by atoms with Crippen LogP contribution in [0.3, 0.4) is 0 Å². The Balaban J connectivity index is 1.68. The second kappa shape index (κ2) is 4.77. The van der Waals surface area contributed by atoms with Crippen molar-refractivity contribution < 1.29 is 0 Å². The lowest BCUT2D eigenvalue weighted by Gasteiger charge is -2.17. The molecule has 2 heteroatoms. The normalized spacial score (nSPS) is 24.8. The van der Waals surface area contributed by atoms with Gasteiger partial charge in [0.05, 0.1) is 0 Å². The maximum atomic E-state index is 3.66. The predicted molar refractivity (Wildman–Crippen MR) is 55.8 cm³/mol. The molecule has 1 saturated carbocycles. The molecule has 1 fully saturated rings. The third-order valence-electron chi connectivity index (χ3n) is 3.13. The summed E-state index contributed by atoms with van der Waals surface area (Å²) in [5, 5.41) is 6.99. The van der Waals surface area contributed by atoms with E-state index in [1.165, 1.54) is 32.1 Å². The van der Waals surface area contributed by atoms with Gasteiger partial charge in [-0.1, -0.05) is 24.5 Å². The molecule has 0 unspecified atom stereocenters. The molecule has 0 aromatic carbocycles. The van der Waals surface area contributed by atoms with Crippen molar-refractivity contribution in [1.29, 1.82) is 0 Å². The predicted octanol–water partition coefficient (Wildman–Crippen LogP) is 1.44. The molecule has 0 bridgehead atoms.